The molecule has 0 fully saturated rings. The highest BCUT2D eigenvalue weighted by atomic mass is 127. The molecule has 28 heavy (non-hydrogen) atoms. The maximum atomic E-state index is 12.8. The first kappa shape index (κ1) is 24.3. The van der Waals surface area contributed by atoms with Crippen LogP contribution in [0.3, 0.4) is 0 Å². The lowest BCUT2D eigenvalue weighted by molar-refractivity contribution is 0.0733. The summed E-state index contributed by atoms with van der Waals surface area (Å²) < 4.78 is 42.0. The third-order valence-electron chi connectivity index (χ3n) is 4.05. The number of hydrogen-bond donors (Lipinski definition) is 1. The molecule has 0 aliphatic rings. The van der Waals surface area contributed by atoms with Gasteiger partial charge < -0.3 is 4.74 Å². The zero-order valence-corrected chi connectivity index (χ0v) is 22.9. The molecule has 2 aromatic rings. The first-order valence-corrected chi connectivity index (χ1v) is 13.0. The minimum absolute atomic E-state index is 0.101. The van der Waals surface area contributed by atoms with Gasteiger partial charge >= 0.3 is 5.97 Å². The SMILES string of the molecule is CC(C)c1cc(OC(=O)c2cc(I)cc(I)c2I)cc(C(C)C)c1S(=O)(=O)O. The highest BCUT2D eigenvalue weighted by molar-refractivity contribution is 14.1. The molecular weight excluding hydrogens is 721 g/mol. The average Bonchev–Trinajstić information content (AvgIpc) is 2.56. The molecule has 0 spiro atoms. The summed E-state index contributed by atoms with van der Waals surface area (Å²) in [6.07, 6.45) is 0. The second-order valence-electron chi connectivity index (χ2n) is 6.85. The Morgan fingerprint density at radius 1 is 0.964 bits per heavy atom. The second-order valence-corrected chi connectivity index (χ2v) is 11.7. The predicted octanol–water partition coefficient (Wildman–Crippen LogP) is 6.21. The quantitative estimate of drug-likeness (QED) is 0.130. The third-order valence-corrected chi connectivity index (χ3v) is 8.70. The molecule has 152 valence electrons. The number of ether oxygens (including phenoxy) is 1. The molecule has 0 aliphatic heterocycles. The van der Waals surface area contributed by atoms with Gasteiger partial charge in [0.15, 0.2) is 0 Å². The van der Waals surface area contributed by atoms with Gasteiger partial charge in [-0.15, -0.1) is 0 Å². The van der Waals surface area contributed by atoms with Crippen LogP contribution in [0, 0.1) is 10.7 Å². The summed E-state index contributed by atoms with van der Waals surface area (Å²) in [4.78, 5) is 12.7. The molecule has 5 nitrogen and oxygen atoms in total. The second kappa shape index (κ2) is 9.43. The van der Waals surface area contributed by atoms with E-state index in [1.165, 1.54) is 12.1 Å². The van der Waals surface area contributed by atoms with Crippen LogP contribution in [0.4, 0.5) is 0 Å². The van der Waals surface area contributed by atoms with Gasteiger partial charge in [0.05, 0.1) is 5.56 Å². The normalized spacial score (nSPS) is 11.9. The van der Waals surface area contributed by atoms with Crippen molar-refractivity contribution in [1.82, 2.24) is 0 Å². The number of halogens is 3. The first-order valence-electron chi connectivity index (χ1n) is 8.35. The number of carbonyl (C=O) groups excluding carboxylic acids is 1. The maximum Gasteiger partial charge on any atom is 0.344 e. The number of esters is 1. The Bertz CT molecular complexity index is 1000. The Hall–Kier alpha value is 0.01000. The van der Waals surface area contributed by atoms with Crippen molar-refractivity contribution in [1.29, 1.82) is 0 Å². The smallest absolute Gasteiger partial charge is 0.344 e. The minimum Gasteiger partial charge on any atom is -0.423 e. The molecule has 0 unspecified atom stereocenters. The van der Waals surface area contributed by atoms with Crippen LogP contribution in [0.15, 0.2) is 29.2 Å². The van der Waals surface area contributed by atoms with Crippen LogP contribution in [0.1, 0.15) is 61.0 Å². The molecular formula is C19H19I3O5S. The van der Waals surface area contributed by atoms with Crippen molar-refractivity contribution < 1.29 is 22.5 Å². The Morgan fingerprint density at radius 3 is 1.89 bits per heavy atom. The molecule has 0 bridgehead atoms. The summed E-state index contributed by atoms with van der Waals surface area (Å²) in [6.45, 7) is 7.30. The first-order chi connectivity index (χ1) is 12.8. The number of benzene rings is 2. The molecule has 0 saturated heterocycles. The van der Waals surface area contributed by atoms with Crippen LogP contribution in [0.2, 0.25) is 0 Å². The van der Waals surface area contributed by atoms with Gasteiger partial charge in [0, 0.05) is 10.7 Å². The van der Waals surface area contributed by atoms with E-state index in [0.717, 1.165) is 10.7 Å². The summed E-state index contributed by atoms with van der Waals surface area (Å²) in [6, 6.07) is 6.76. The minimum atomic E-state index is -4.41. The van der Waals surface area contributed by atoms with Crippen LogP contribution in [-0.4, -0.2) is 18.9 Å². The predicted molar refractivity (Wildman–Crippen MR) is 134 cm³/mol. The average molecular weight is 740 g/mol. The van der Waals surface area contributed by atoms with E-state index in [2.05, 4.69) is 67.8 Å². The molecule has 0 aliphatic carbocycles. The van der Waals surface area contributed by atoms with E-state index < -0.39 is 16.1 Å². The van der Waals surface area contributed by atoms with E-state index >= 15 is 0 Å². The molecule has 0 amide bonds. The number of rotatable bonds is 5. The van der Waals surface area contributed by atoms with Gasteiger partial charge in [-0.1, -0.05) is 27.7 Å². The van der Waals surface area contributed by atoms with Gasteiger partial charge in [0.25, 0.3) is 10.1 Å². The van der Waals surface area contributed by atoms with Crippen LogP contribution in [0.25, 0.3) is 0 Å². The highest BCUT2D eigenvalue weighted by Gasteiger charge is 2.26. The van der Waals surface area contributed by atoms with E-state index in [4.69, 9.17) is 4.74 Å². The summed E-state index contributed by atoms with van der Waals surface area (Å²) in [5.41, 5.74) is 1.29. The van der Waals surface area contributed by atoms with Crippen LogP contribution in [-0.2, 0) is 10.1 Å². The lowest BCUT2D eigenvalue weighted by atomic mass is 9.95. The van der Waals surface area contributed by atoms with Gasteiger partial charge in [0.1, 0.15) is 10.6 Å². The van der Waals surface area contributed by atoms with Crippen LogP contribution >= 0.6 is 67.8 Å². The van der Waals surface area contributed by atoms with Crippen LogP contribution < -0.4 is 4.74 Å². The Labute approximate surface area is 206 Å². The maximum absolute atomic E-state index is 12.8. The summed E-state index contributed by atoms with van der Waals surface area (Å²) in [7, 11) is -4.41. The van der Waals surface area contributed by atoms with Crippen molar-refractivity contribution in [2.45, 2.75) is 44.4 Å². The summed E-state index contributed by atoms with van der Waals surface area (Å²) in [5.74, 6) is -0.627. The van der Waals surface area contributed by atoms with Crippen molar-refractivity contribution >= 4 is 83.9 Å². The third kappa shape index (κ3) is 5.58. The molecule has 0 aromatic heterocycles. The van der Waals surface area contributed by atoms with Gasteiger partial charge in [-0.2, -0.15) is 8.42 Å². The van der Waals surface area contributed by atoms with Crippen molar-refractivity contribution in [2.24, 2.45) is 0 Å². The van der Waals surface area contributed by atoms with Crippen LogP contribution in [0.5, 0.6) is 5.75 Å². The number of carbonyl (C=O) groups is 1. The van der Waals surface area contributed by atoms with Gasteiger partial charge in [-0.3, -0.25) is 4.55 Å². The largest absolute Gasteiger partial charge is 0.423 e. The van der Waals surface area contributed by atoms with Crippen molar-refractivity contribution in [3.05, 3.63) is 51.7 Å². The van der Waals surface area contributed by atoms with Crippen molar-refractivity contribution in [3.63, 3.8) is 0 Å². The summed E-state index contributed by atoms with van der Waals surface area (Å²) in [5, 5.41) is 0. The lowest BCUT2D eigenvalue weighted by Gasteiger charge is -2.19. The number of hydrogen-bond acceptors (Lipinski definition) is 4. The monoisotopic (exact) mass is 740 g/mol. The molecule has 0 saturated carbocycles. The van der Waals surface area contributed by atoms with E-state index in [9.17, 15) is 17.8 Å². The van der Waals surface area contributed by atoms with Gasteiger partial charge in [-0.25, -0.2) is 4.79 Å². The molecule has 2 aromatic carbocycles. The molecule has 0 atom stereocenters. The van der Waals surface area contributed by atoms with Gasteiger partial charge in [-0.05, 0) is 115 Å². The fourth-order valence-corrected chi connectivity index (χ4v) is 6.29. The fourth-order valence-electron chi connectivity index (χ4n) is 2.73. The van der Waals surface area contributed by atoms with E-state index in [1.54, 1.807) is 6.07 Å². The van der Waals surface area contributed by atoms with E-state index in [0.29, 0.717) is 16.7 Å². The zero-order chi connectivity index (χ0) is 21.4. The molecule has 1 N–H and O–H groups in total. The van der Waals surface area contributed by atoms with Crippen molar-refractivity contribution in [2.75, 3.05) is 0 Å². The summed E-state index contributed by atoms with van der Waals surface area (Å²) >= 11 is 6.42. The van der Waals surface area contributed by atoms with Gasteiger partial charge in [0.2, 0.25) is 0 Å². The fraction of sp³-hybridized carbons (Fsp3) is 0.316. The standard InChI is InChI=1S/C19H19I3O5S/c1-9(2)13-7-12(8-14(10(3)4)18(13)28(24,25)26)27-19(23)15-5-11(20)6-16(21)17(15)22/h5-10H,1-4H3,(H,24,25,26). The molecule has 2 rings (SSSR count). The van der Waals surface area contributed by atoms with E-state index in [1.807, 2.05) is 33.8 Å². The van der Waals surface area contributed by atoms with E-state index in [-0.39, 0.29) is 22.5 Å². The zero-order valence-electron chi connectivity index (χ0n) is 15.6. The molecule has 9 heteroatoms. The molecule has 0 radical (unpaired) electrons. The van der Waals surface area contributed by atoms with Crippen molar-refractivity contribution in [3.8, 4) is 5.75 Å². The Morgan fingerprint density at radius 2 is 1.46 bits per heavy atom. The lowest BCUT2D eigenvalue weighted by Crippen LogP contribution is -2.14. The Balaban J connectivity index is 2.60. The Kier molecular flexibility index (Phi) is 8.18. The highest BCUT2D eigenvalue weighted by Crippen LogP contribution is 2.36. The molecule has 0 heterocycles. The topological polar surface area (TPSA) is 80.7 Å².